The lowest BCUT2D eigenvalue weighted by Crippen LogP contribution is -2.43. The minimum Gasteiger partial charge on any atom is -0.490 e. The number of nitrogens with zero attached hydrogens (tertiary/aromatic N) is 3. The van der Waals surface area contributed by atoms with Crippen LogP contribution in [-0.2, 0) is 0 Å². The zero-order chi connectivity index (χ0) is 20.9. The van der Waals surface area contributed by atoms with Crippen molar-refractivity contribution in [3.63, 3.8) is 0 Å². The zero-order valence-corrected chi connectivity index (χ0v) is 15.9. The monoisotopic (exact) mass is 395 g/mol. The van der Waals surface area contributed by atoms with Crippen LogP contribution in [0.5, 0.6) is 11.8 Å². The molecule has 28 heavy (non-hydrogen) atoms. The smallest absolute Gasteiger partial charge is 0.412 e. The second-order valence-electron chi connectivity index (χ2n) is 7.07. The minimum absolute atomic E-state index is 0.0538. The first kappa shape index (κ1) is 21.4. The second-order valence-corrected chi connectivity index (χ2v) is 7.07. The molecule has 1 amide bonds. The molecule has 0 spiro atoms. The molecule has 10 heteroatoms. The summed E-state index contributed by atoms with van der Waals surface area (Å²) in [7, 11) is 0. The van der Waals surface area contributed by atoms with Crippen LogP contribution >= 0.6 is 0 Å². The fourth-order valence-corrected chi connectivity index (χ4v) is 2.74. The van der Waals surface area contributed by atoms with E-state index in [-0.39, 0.29) is 29.8 Å². The molecule has 0 aromatic carbocycles. The van der Waals surface area contributed by atoms with E-state index in [4.69, 9.17) is 16.2 Å². The molecule has 0 unspecified atom stereocenters. The number of halogens is 2. The van der Waals surface area contributed by atoms with E-state index >= 15 is 0 Å². The number of pyridine rings is 1. The number of alkyl halides is 2. The van der Waals surface area contributed by atoms with Gasteiger partial charge in [-0.25, -0.2) is 23.5 Å². The van der Waals surface area contributed by atoms with Gasteiger partial charge in [0.15, 0.2) is 0 Å². The highest BCUT2D eigenvalue weighted by atomic mass is 19.3. The molecule has 0 saturated heterocycles. The Labute approximate surface area is 161 Å². The molecule has 0 bridgehead atoms. The molecule has 0 saturated carbocycles. The number of carbonyl (C=O) groups is 1. The van der Waals surface area contributed by atoms with E-state index < -0.39 is 23.8 Å². The summed E-state index contributed by atoms with van der Waals surface area (Å²) >= 11 is 0. The number of ether oxygens (including phenoxy) is 2. The molecule has 2 aromatic rings. The van der Waals surface area contributed by atoms with Gasteiger partial charge in [0.05, 0.1) is 11.4 Å². The topological polar surface area (TPSA) is 126 Å². The number of nitrogens with two attached hydrogens (primary N) is 2. The van der Waals surface area contributed by atoms with Crippen LogP contribution < -0.4 is 20.9 Å². The SMILES string of the molecule is CC(C)C[C@](C)(N)COc1ccc(-c2ccnc(OC(N)=O)n2)nc1C(F)F. The van der Waals surface area contributed by atoms with Gasteiger partial charge in [-0.05, 0) is 37.5 Å². The maximum Gasteiger partial charge on any atom is 0.412 e. The molecule has 4 N–H and O–H groups in total. The Morgan fingerprint density at radius 1 is 1.21 bits per heavy atom. The van der Waals surface area contributed by atoms with Crippen LogP contribution in [0, 0.1) is 5.92 Å². The third-order valence-corrected chi connectivity index (χ3v) is 3.61. The van der Waals surface area contributed by atoms with Crippen molar-refractivity contribution >= 4 is 6.09 Å². The molecule has 0 fully saturated rings. The maximum atomic E-state index is 13.5. The molecular weight excluding hydrogens is 372 g/mol. The average Bonchev–Trinajstić information content (AvgIpc) is 2.58. The second kappa shape index (κ2) is 8.87. The van der Waals surface area contributed by atoms with Crippen LogP contribution in [0.4, 0.5) is 13.6 Å². The van der Waals surface area contributed by atoms with Crippen LogP contribution in [0.1, 0.15) is 39.3 Å². The van der Waals surface area contributed by atoms with Crippen molar-refractivity contribution < 1.29 is 23.0 Å². The van der Waals surface area contributed by atoms with E-state index in [0.29, 0.717) is 12.3 Å². The minimum atomic E-state index is -2.87. The van der Waals surface area contributed by atoms with E-state index in [0.717, 1.165) is 0 Å². The van der Waals surface area contributed by atoms with E-state index in [2.05, 4.69) is 19.7 Å². The van der Waals surface area contributed by atoms with Crippen LogP contribution in [0.15, 0.2) is 24.4 Å². The number of primary amides is 1. The molecule has 1 atom stereocenters. The van der Waals surface area contributed by atoms with Gasteiger partial charge in [0.1, 0.15) is 18.1 Å². The first-order chi connectivity index (χ1) is 13.1. The predicted molar refractivity (Wildman–Crippen MR) is 98.0 cm³/mol. The van der Waals surface area contributed by atoms with Crippen molar-refractivity contribution in [2.24, 2.45) is 17.4 Å². The van der Waals surface area contributed by atoms with Gasteiger partial charge in [-0.1, -0.05) is 13.8 Å². The van der Waals surface area contributed by atoms with E-state index in [1.54, 1.807) is 6.92 Å². The Bertz CT molecular complexity index is 831. The highest BCUT2D eigenvalue weighted by molar-refractivity contribution is 5.67. The van der Waals surface area contributed by atoms with Crippen molar-refractivity contribution in [1.29, 1.82) is 0 Å². The van der Waals surface area contributed by atoms with E-state index in [1.807, 2.05) is 13.8 Å². The van der Waals surface area contributed by atoms with Crippen LogP contribution in [0.2, 0.25) is 0 Å². The Kier molecular flexibility index (Phi) is 6.79. The third kappa shape index (κ3) is 6.08. The number of carbonyl (C=O) groups excluding carboxylic acids is 1. The normalized spacial score (nSPS) is 13.4. The number of amides is 1. The molecule has 2 aromatic heterocycles. The number of rotatable bonds is 8. The van der Waals surface area contributed by atoms with E-state index in [1.165, 1.54) is 24.4 Å². The molecule has 0 aliphatic carbocycles. The van der Waals surface area contributed by atoms with Gasteiger partial charge in [0.2, 0.25) is 0 Å². The quantitative estimate of drug-likeness (QED) is 0.703. The van der Waals surface area contributed by atoms with Crippen molar-refractivity contribution in [3.05, 3.63) is 30.1 Å². The maximum absolute atomic E-state index is 13.5. The fourth-order valence-electron chi connectivity index (χ4n) is 2.74. The average molecular weight is 395 g/mol. The number of hydrogen-bond acceptors (Lipinski definition) is 7. The van der Waals surface area contributed by atoms with Gasteiger partial charge >= 0.3 is 12.1 Å². The van der Waals surface area contributed by atoms with Crippen LogP contribution in [0.3, 0.4) is 0 Å². The summed E-state index contributed by atoms with van der Waals surface area (Å²) in [6.45, 7) is 5.90. The van der Waals surface area contributed by atoms with Gasteiger partial charge in [-0.15, -0.1) is 0 Å². The summed E-state index contributed by atoms with van der Waals surface area (Å²) in [5.74, 6) is 0.282. The summed E-state index contributed by atoms with van der Waals surface area (Å²) in [5, 5.41) is 0. The molecule has 2 heterocycles. The molecule has 152 valence electrons. The summed E-state index contributed by atoms with van der Waals surface area (Å²) in [6.07, 6.45) is -1.99. The van der Waals surface area contributed by atoms with Crippen molar-refractivity contribution in [2.45, 2.75) is 39.2 Å². The van der Waals surface area contributed by atoms with Crippen molar-refractivity contribution in [2.75, 3.05) is 6.61 Å². The Hall–Kier alpha value is -2.88. The van der Waals surface area contributed by atoms with Gasteiger partial charge in [-0.2, -0.15) is 4.98 Å². The Morgan fingerprint density at radius 3 is 2.50 bits per heavy atom. The number of aromatic nitrogens is 3. The van der Waals surface area contributed by atoms with Gasteiger partial charge in [0, 0.05) is 11.7 Å². The summed E-state index contributed by atoms with van der Waals surface area (Å²) < 4.78 is 37.2. The molecular formula is C18H23F2N5O3. The molecule has 2 rings (SSSR count). The lowest BCUT2D eigenvalue weighted by Gasteiger charge is -2.27. The zero-order valence-electron chi connectivity index (χ0n) is 15.9. The Morgan fingerprint density at radius 2 is 1.89 bits per heavy atom. The summed E-state index contributed by atoms with van der Waals surface area (Å²) in [4.78, 5) is 22.4. The standard InChI is InChI=1S/C18H23F2N5O3/c1-10(2)8-18(3,22)9-27-13-5-4-11(24-14(13)15(19)20)12-6-7-23-17(25-12)28-16(21)26/h4-7,10,15H,8-9,22H2,1-3H3,(H2,21,26)/t18-/m0/s1. The van der Waals surface area contributed by atoms with Crippen molar-refractivity contribution in [3.8, 4) is 23.1 Å². The fraction of sp³-hybridized carbons (Fsp3) is 0.444. The van der Waals surface area contributed by atoms with Crippen molar-refractivity contribution in [1.82, 2.24) is 15.0 Å². The molecule has 0 aliphatic rings. The summed E-state index contributed by atoms with van der Waals surface area (Å²) in [5.41, 5.74) is 10.2. The lowest BCUT2D eigenvalue weighted by molar-refractivity contribution is 0.134. The molecule has 0 radical (unpaired) electrons. The van der Waals surface area contributed by atoms with Crippen LogP contribution in [-0.4, -0.2) is 33.2 Å². The largest absolute Gasteiger partial charge is 0.490 e. The van der Waals surface area contributed by atoms with Gasteiger partial charge in [-0.3, -0.25) is 0 Å². The van der Waals surface area contributed by atoms with Gasteiger partial charge < -0.3 is 20.9 Å². The van der Waals surface area contributed by atoms with Crippen LogP contribution in [0.25, 0.3) is 11.4 Å². The molecule has 0 aliphatic heterocycles. The summed E-state index contributed by atoms with van der Waals surface area (Å²) in [6, 6.07) is 3.98. The number of hydrogen-bond donors (Lipinski definition) is 2. The first-order valence-corrected chi connectivity index (χ1v) is 8.59. The lowest BCUT2D eigenvalue weighted by atomic mass is 9.93. The first-order valence-electron chi connectivity index (χ1n) is 8.59. The molecule has 8 nitrogen and oxygen atoms in total. The van der Waals surface area contributed by atoms with Gasteiger partial charge in [0.25, 0.3) is 6.43 Å². The van der Waals surface area contributed by atoms with E-state index in [9.17, 15) is 13.6 Å². The predicted octanol–water partition coefficient (Wildman–Crippen LogP) is 3.08. The third-order valence-electron chi connectivity index (χ3n) is 3.61. The highest BCUT2D eigenvalue weighted by Gasteiger charge is 2.24. The highest BCUT2D eigenvalue weighted by Crippen LogP contribution is 2.31. The Balaban J connectivity index is 2.27.